The molecule has 1 aromatic carbocycles. The van der Waals surface area contributed by atoms with Gasteiger partial charge in [0, 0.05) is 5.69 Å². The molecule has 18 heavy (non-hydrogen) atoms. The number of amides is 1. The molecule has 0 aliphatic rings. The fraction of sp³-hybridized carbons (Fsp3) is 0.167. The van der Waals surface area contributed by atoms with Crippen LogP contribution in [0.5, 0.6) is 0 Å². The van der Waals surface area contributed by atoms with Gasteiger partial charge in [0.05, 0.1) is 0 Å². The van der Waals surface area contributed by atoms with Crippen LogP contribution in [0.1, 0.15) is 11.1 Å². The molecule has 0 aliphatic heterocycles. The van der Waals surface area contributed by atoms with E-state index in [1.165, 1.54) is 0 Å². The van der Waals surface area contributed by atoms with Crippen molar-refractivity contribution in [2.45, 2.75) is 13.8 Å². The number of carboxylic acid groups (broad SMARTS) is 1. The Kier molecular flexibility index (Phi) is 4.76. The van der Waals surface area contributed by atoms with Crippen molar-refractivity contribution in [3.63, 3.8) is 0 Å². The van der Waals surface area contributed by atoms with Crippen molar-refractivity contribution in [1.82, 2.24) is 0 Å². The third-order valence-corrected chi connectivity index (χ3v) is 3.15. The van der Waals surface area contributed by atoms with Gasteiger partial charge in [0.1, 0.15) is 10.1 Å². The fourth-order valence-electron chi connectivity index (χ4n) is 1.20. The van der Waals surface area contributed by atoms with E-state index in [-0.39, 0.29) is 0 Å². The Balaban J connectivity index is 2.92. The van der Waals surface area contributed by atoms with Crippen molar-refractivity contribution < 1.29 is 14.7 Å². The summed E-state index contributed by atoms with van der Waals surface area (Å²) in [6.45, 7) is 3.84. The van der Waals surface area contributed by atoms with E-state index in [1.54, 1.807) is 12.1 Å². The lowest BCUT2D eigenvalue weighted by atomic mass is 10.1. The van der Waals surface area contributed by atoms with Crippen molar-refractivity contribution in [3.05, 3.63) is 39.4 Å². The van der Waals surface area contributed by atoms with Crippen molar-refractivity contribution in [2.24, 2.45) is 0 Å². The van der Waals surface area contributed by atoms with Crippen molar-refractivity contribution in [3.8, 4) is 0 Å². The lowest BCUT2D eigenvalue weighted by Gasteiger charge is -2.07. The molecular weight excluding hydrogens is 277 g/mol. The maximum atomic E-state index is 11.6. The smallest absolute Gasteiger partial charge is 0.349 e. The summed E-state index contributed by atoms with van der Waals surface area (Å²) in [5.74, 6) is -2.20. The van der Waals surface area contributed by atoms with Gasteiger partial charge >= 0.3 is 5.97 Å². The molecule has 0 saturated carbocycles. The first-order chi connectivity index (χ1) is 8.32. The highest BCUT2D eigenvalue weighted by Gasteiger charge is 2.17. The van der Waals surface area contributed by atoms with Crippen LogP contribution in [-0.4, -0.2) is 17.0 Å². The van der Waals surface area contributed by atoms with Gasteiger partial charge in [-0.15, -0.1) is 0 Å². The van der Waals surface area contributed by atoms with Gasteiger partial charge in [-0.3, -0.25) is 4.79 Å². The minimum atomic E-state index is -1.45. The maximum Gasteiger partial charge on any atom is 0.349 e. The van der Waals surface area contributed by atoms with Crippen LogP contribution >= 0.6 is 23.2 Å². The lowest BCUT2D eigenvalue weighted by molar-refractivity contribution is -0.132. The number of halogens is 2. The first-order valence-corrected chi connectivity index (χ1v) is 5.75. The van der Waals surface area contributed by atoms with Gasteiger partial charge in [-0.25, -0.2) is 4.79 Å². The Morgan fingerprint density at radius 3 is 2.22 bits per heavy atom. The molecule has 4 nitrogen and oxygen atoms in total. The van der Waals surface area contributed by atoms with E-state index in [0.29, 0.717) is 5.69 Å². The molecule has 6 heteroatoms. The van der Waals surface area contributed by atoms with Crippen LogP contribution in [0, 0.1) is 13.8 Å². The molecule has 2 N–H and O–H groups in total. The minimum Gasteiger partial charge on any atom is -0.477 e. The van der Waals surface area contributed by atoms with Crippen LogP contribution in [0.25, 0.3) is 0 Å². The zero-order chi connectivity index (χ0) is 13.9. The molecule has 0 fully saturated rings. The van der Waals surface area contributed by atoms with E-state index in [4.69, 9.17) is 28.3 Å². The van der Waals surface area contributed by atoms with E-state index < -0.39 is 21.9 Å². The number of benzene rings is 1. The van der Waals surface area contributed by atoms with Gasteiger partial charge in [-0.2, -0.15) is 0 Å². The monoisotopic (exact) mass is 287 g/mol. The highest BCUT2D eigenvalue weighted by Crippen LogP contribution is 2.19. The largest absolute Gasteiger partial charge is 0.477 e. The quantitative estimate of drug-likeness (QED) is 0.840. The molecule has 0 radical (unpaired) electrons. The summed E-state index contributed by atoms with van der Waals surface area (Å²) in [6, 6.07) is 5.28. The minimum absolute atomic E-state index is 0.524. The van der Waals surface area contributed by atoms with Gasteiger partial charge in [0.15, 0.2) is 0 Å². The lowest BCUT2D eigenvalue weighted by Crippen LogP contribution is -2.14. The molecule has 1 rings (SSSR count). The summed E-state index contributed by atoms with van der Waals surface area (Å²) in [5.41, 5.74) is 2.60. The summed E-state index contributed by atoms with van der Waals surface area (Å²) >= 11 is 10.9. The molecule has 0 bridgehead atoms. The van der Waals surface area contributed by atoms with Gasteiger partial charge in [-0.05, 0) is 37.1 Å². The van der Waals surface area contributed by atoms with Gasteiger partial charge in [-0.1, -0.05) is 29.3 Å². The number of carbonyl (C=O) groups excluding carboxylic acids is 1. The number of aryl methyl sites for hydroxylation is 2. The van der Waals surface area contributed by atoms with E-state index in [0.717, 1.165) is 11.1 Å². The molecule has 0 saturated heterocycles. The van der Waals surface area contributed by atoms with Crippen LogP contribution < -0.4 is 5.32 Å². The number of rotatable bonds is 3. The first-order valence-electron chi connectivity index (χ1n) is 5.00. The van der Waals surface area contributed by atoms with Gasteiger partial charge in [0.2, 0.25) is 0 Å². The Morgan fingerprint density at radius 1 is 1.11 bits per heavy atom. The Morgan fingerprint density at radius 2 is 1.72 bits per heavy atom. The van der Waals surface area contributed by atoms with Crippen molar-refractivity contribution in [1.29, 1.82) is 0 Å². The number of anilines is 1. The molecule has 0 aliphatic carbocycles. The van der Waals surface area contributed by atoms with Crippen LogP contribution in [0.4, 0.5) is 5.69 Å². The van der Waals surface area contributed by atoms with Crippen molar-refractivity contribution >= 4 is 40.8 Å². The second kappa shape index (κ2) is 5.89. The number of aliphatic carboxylic acids is 1. The second-order valence-electron chi connectivity index (χ2n) is 3.69. The molecule has 1 amide bonds. The third kappa shape index (κ3) is 3.48. The van der Waals surface area contributed by atoms with Crippen LogP contribution in [0.15, 0.2) is 28.3 Å². The summed E-state index contributed by atoms with van der Waals surface area (Å²) in [7, 11) is 0. The molecule has 0 heterocycles. The topological polar surface area (TPSA) is 66.4 Å². The highest BCUT2D eigenvalue weighted by atomic mass is 35.5. The molecular formula is C12H11Cl2NO3. The number of carbonyl (C=O) groups is 2. The molecule has 96 valence electrons. The predicted molar refractivity (Wildman–Crippen MR) is 70.9 cm³/mol. The van der Waals surface area contributed by atoms with E-state index in [2.05, 4.69) is 5.32 Å². The van der Waals surface area contributed by atoms with E-state index >= 15 is 0 Å². The van der Waals surface area contributed by atoms with Gasteiger partial charge < -0.3 is 10.4 Å². The van der Waals surface area contributed by atoms with Crippen LogP contribution in [-0.2, 0) is 9.59 Å². The molecule has 1 aromatic rings. The molecule has 0 unspecified atom stereocenters. The molecule has 0 spiro atoms. The Labute approximate surface area is 114 Å². The maximum absolute atomic E-state index is 11.6. The van der Waals surface area contributed by atoms with Crippen LogP contribution in [0.3, 0.4) is 0 Å². The average molecular weight is 288 g/mol. The summed E-state index contributed by atoms with van der Waals surface area (Å²) in [6.07, 6.45) is 0. The number of hydrogen-bond donors (Lipinski definition) is 2. The normalized spacial score (nSPS) is 11.8. The summed E-state index contributed by atoms with van der Waals surface area (Å²) < 4.78 is 0. The third-order valence-electron chi connectivity index (χ3n) is 2.34. The predicted octanol–water partition coefficient (Wildman–Crippen LogP) is 3.02. The number of hydrogen-bond acceptors (Lipinski definition) is 2. The number of carboxylic acids is 1. The zero-order valence-electron chi connectivity index (χ0n) is 9.75. The average Bonchev–Trinajstić information content (AvgIpc) is 2.31. The summed E-state index contributed by atoms with van der Waals surface area (Å²) in [5, 5.41) is 9.80. The standard InChI is InChI=1S/C12H11Cl2NO3/c1-6-3-4-8(5-7(6)2)15-11(16)9(13)10(14)12(17)18/h3-5H,1-2H3,(H,15,16)(H,17,18)/b10-9+. The second-order valence-corrected chi connectivity index (χ2v) is 4.44. The van der Waals surface area contributed by atoms with Crippen molar-refractivity contribution in [2.75, 3.05) is 5.32 Å². The van der Waals surface area contributed by atoms with E-state index in [9.17, 15) is 9.59 Å². The van der Waals surface area contributed by atoms with E-state index in [1.807, 2.05) is 19.9 Å². The first kappa shape index (κ1) is 14.5. The Hall–Kier alpha value is -1.52. The molecule has 0 aromatic heterocycles. The Bertz CT molecular complexity index is 538. The molecule has 0 atom stereocenters. The number of nitrogens with one attached hydrogen (secondary N) is 1. The van der Waals surface area contributed by atoms with Crippen LogP contribution in [0.2, 0.25) is 0 Å². The summed E-state index contributed by atoms with van der Waals surface area (Å²) in [4.78, 5) is 22.1. The highest BCUT2D eigenvalue weighted by molar-refractivity contribution is 6.54. The fourth-order valence-corrected chi connectivity index (χ4v) is 1.41. The zero-order valence-corrected chi connectivity index (χ0v) is 11.3. The van der Waals surface area contributed by atoms with Gasteiger partial charge in [0.25, 0.3) is 5.91 Å². The SMILES string of the molecule is Cc1ccc(NC(=O)/C(Cl)=C(\Cl)C(=O)O)cc1C.